The van der Waals surface area contributed by atoms with Gasteiger partial charge in [0.2, 0.25) is 0 Å². The van der Waals surface area contributed by atoms with Crippen molar-refractivity contribution in [3.05, 3.63) is 37.0 Å². The van der Waals surface area contributed by atoms with Gasteiger partial charge >= 0.3 is 5.97 Å². The molecule has 0 saturated carbocycles. The van der Waals surface area contributed by atoms with Crippen LogP contribution in [0.15, 0.2) is 37.0 Å². The van der Waals surface area contributed by atoms with Gasteiger partial charge in [0, 0.05) is 12.8 Å². The molecule has 1 unspecified atom stereocenters. The first-order valence-electron chi connectivity index (χ1n) is 5.72. The molecule has 0 spiro atoms. The van der Waals surface area contributed by atoms with E-state index < -0.39 is 0 Å². The molecule has 0 aromatic heterocycles. The average Bonchev–Trinajstić information content (AvgIpc) is 2.26. The maximum Gasteiger partial charge on any atom is 0.302 e. The molecule has 2 nitrogen and oxygen atoms in total. The number of allylic oxidation sites excluding steroid dienone is 4. The van der Waals surface area contributed by atoms with Crippen LogP contribution in [-0.4, -0.2) is 12.6 Å². The molecule has 0 amide bonds. The molecule has 16 heavy (non-hydrogen) atoms. The summed E-state index contributed by atoms with van der Waals surface area (Å²) >= 11 is 0. The predicted molar refractivity (Wildman–Crippen MR) is 68.1 cm³/mol. The largest absolute Gasteiger partial charge is 0.465 e. The Bertz CT molecular complexity index is 251. The summed E-state index contributed by atoms with van der Waals surface area (Å²) in [5.74, 6) is 0.0647. The second kappa shape index (κ2) is 10.2. The highest BCUT2D eigenvalue weighted by molar-refractivity contribution is 5.65. The first-order chi connectivity index (χ1) is 7.70. The number of rotatable bonds is 8. The van der Waals surface area contributed by atoms with Gasteiger partial charge in [-0.3, -0.25) is 4.79 Å². The van der Waals surface area contributed by atoms with E-state index in [1.54, 1.807) is 0 Å². The summed E-state index contributed by atoms with van der Waals surface area (Å²) in [6, 6.07) is 0. The van der Waals surface area contributed by atoms with E-state index in [1.807, 2.05) is 19.1 Å². The molecule has 0 aliphatic carbocycles. The van der Waals surface area contributed by atoms with Gasteiger partial charge in [-0.05, 0) is 26.2 Å². The number of ether oxygens (including phenoxy) is 1. The molecule has 0 radical (unpaired) electrons. The van der Waals surface area contributed by atoms with Crippen LogP contribution in [0.25, 0.3) is 0 Å². The summed E-state index contributed by atoms with van der Waals surface area (Å²) in [6.45, 7) is 7.56. The van der Waals surface area contributed by atoms with E-state index in [0.717, 1.165) is 19.3 Å². The molecule has 0 fully saturated rings. The van der Waals surface area contributed by atoms with Crippen LogP contribution < -0.4 is 0 Å². The maximum absolute atomic E-state index is 10.7. The van der Waals surface area contributed by atoms with Crippen LogP contribution in [0, 0.1) is 5.92 Å². The fourth-order valence-electron chi connectivity index (χ4n) is 1.24. The van der Waals surface area contributed by atoms with Crippen molar-refractivity contribution in [2.75, 3.05) is 6.61 Å². The van der Waals surface area contributed by atoms with E-state index in [9.17, 15) is 4.79 Å². The summed E-state index contributed by atoms with van der Waals surface area (Å²) in [4.78, 5) is 10.7. The van der Waals surface area contributed by atoms with Gasteiger partial charge in [0.15, 0.2) is 0 Å². The second-order valence-corrected chi connectivity index (χ2v) is 3.66. The Morgan fingerprint density at radius 1 is 1.38 bits per heavy atom. The number of hydrogen-bond donors (Lipinski definition) is 0. The van der Waals surface area contributed by atoms with Gasteiger partial charge in [-0.2, -0.15) is 0 Å². The van der Waals surface area contributed by atoms with Gasteiger partial charge in [-0.1, -0.05) is 30.4 Å². The maximum atomic E-state index is 10.7. The van der Waals surface area contributed by atoms with E-state index in [0.29, 0.717) is 6.61 Å². The Kier molecular flexibility index (Phi) is 9.38. The smallest absolute Gasteiger partial charge is 0.302 e. The first kappa shape index (κ1) is 14.7. The molecule has 0 aromatic carbocycles. The fraction of sp³-hybridized carbons (Fsp3) is 0.500. The van der Waals surface area contributed by atoms with E-state index >= 15 is 0 Å². The van der Waals surface area contributed by atoms with E-state index in [4.69, 9.17) is 4.74 Å². The molecule has 0 rings (SSSR count). The minimum atomic E-state index is -0.218. The van der Waals surface area contributed by atoms with Crippen molar-refractivity contribution in [2.24, 2.45) is 5.92 Å². The van der Waals surface area contributed by atoms with Crippen LogP contribution in [0.5, 0.6) is 0 Å². The normalized spacial score (nSPS) is 13.1. The summed E-state index contributed by atoms with van der Waals surface area (Å²) in [7, 11) is 0. The van der Waals surface area contributed by atoms with Crippen LogP contribution in [0.1, 0.15) is 33.1 Å². The van der Waals surface area contributed by atoms with Crippen molar-refractivity contribution < 1.29 is 9.53 Å². The molecule has 0 aromatic rings. The molecule has 0 N–H and O–H groups in total. The number of carbonyl (C=O) groups excluding carboxylic acids is 1. The molecule has 0 aliphatic heterocycles. The van der Waals surface area contributed by atoms with Gasteiger partial charge in [-0.15, -0.1) is 6.58 Å². The quantitative estimate of drug-likeness (QED) is 0.356. The minimum Gasteiger partial charge on any atom is -0.465 e. The van der Waals surface area contributed by atoms with E-state index in [-0.39, 0.29) is 11.9 Å². The highest BCUT2D eigenvalue weighted by Gasteiger charge is 2.04. The lowest BCUT2D eigenvalue weighted by Gasteiger charge is -2.10. The summed E-state index contributed by atoms with van der Waals surface area (Å²) in [6.07, 6.45) is 13.1. The van der Waals surface area contributed by atoms with E-state index in [1.165, 1.54) is 6.92 Å². The van der Waals surface area contributed by atoms with Crippen LogP contribution in [-0.2, 0) is 9.53 Å². The van der Waals surface area contributed by atoms with Gasteiger partial charge in [0.05, 0.1) is 6.61 Å². The summed E-state index contributed by atoms with van der Waals surface area (Å²) in [5.41, 5.74) is 0. The number of esters is 1. The molecular formula is C14H22O2. The highest BCUT2D eigenvalue weighted by atomic mass is 16.5. The molecule has 0 saturated heterocycles. The van der Waals surface area contributed by atoms with Crippen LogP contribution in [0.3, 0.4) is 0 Å². The number of hydrogen-bond acceptors (Lipinski definition) is 2. The number of carbonyl (C=O) groups is 1. The SMILES string of the molecule is C=CCCC=CC(CC=CC)COC(C)=O. The van der Waals surface area contributed by atoms with Crippen LogP contribution in [0.4, 0.5) is 0 Å². The zero-order chi connectivity index (χ0) is 12.2. The first-order valence-corrected chi connectivity index (χ1v) is 5.72. The number of unbranched alkanes of at least 4 members (excludes halogenated alkanes) is 1. The second-order valence-electron chi connectivity index (χ2n) is 3.66. The van der Waals surface area contributed by atoms with E-state index in [2.05, 4.69) is 24.8 Å². The Morgan fingerprint density at radius 2 is 2.12 bits per heavy atom. The molecule has 1 atom stereocenters. The topological polar surface area (TPSA) is 26.3 Å². The van der Waals surface area contributed by atoms with Crippen molar-refractivity contribution in [3.63, 3.8) is 0 Å². The highest BCUT2D eigenvalue weighted by Crippen LogP contribution is 2.08. The lowest BCUT2D eigenvalue weighted by molar-refractivity contribution is -0.141. The minimum absolute atomic E-state index is 0.218. The summed E-state index contributed by atoms with van der Waals surface area (Å²) in [5, 5.41) is 0. The molecule has 90 valence electrons. The third kappa shape index (κ3) is 9.25. The van der Waals surface area contributed by atoms with Crippen molar-refractivity contribution in [1.29, 1.82) is 0 Å². The monoisotopic (exact) mass is 222 g/mol. The summed E-state index contributed by atoms with van der Waals surface area (Å²) < 4.78 is 5.01. The Morgan fingerprint density at radius 3 is 2.69 bits per heavy atom. The van der Waals surface area contributed by atoms with Crippen molar-refractivity contribution in [1.82, 2.24) is 0 Å². The standard InChI is InChI=1S/C14H22O2/c1-4-6-8-9-11-14(10-7-5-2)12-16-13(3)15/h4-5,7,9,11,14H,1,6,8,10,12H2,2-3H3. The fourth-order valence-corrected chi connectivity index (χ4v) is 1.24. The van der Waals surface area contributed by atoms with Crippen LogP contribution >= 0.6 is 0 Å². The van der Waals surface area contributed by atoms with Crippen molar-refractivity contribution in [3.8, 4) is 0 Å². The molecule has 0 bridgehead atoms. The Labute approximate surface area is 98.7 Å². The van der Waals surface area contributed by atoms with Crippen LogP contribution in [0.2, 0.25) is 0 Å². The predicted octanol–water partition coefficient (Wildman–Crippen LogP) is 3.65. The van der Waals surface area contributed by atoms with Gasteiger partial charge in [0.1, 0.15) is 0 Å². The zero-order valence-corrected chi connectivity index (χ0v) is 10.3. The Balaban J connectivity index is 4.02. The molecule has 2 heteroatoms. The lowest BCUT2D eigenvalue weighted by atomic mass is 10.0. The third-order valence-electron chi connectivity index (χ3n) is 2.12. The lowest BCUT2D eigenvalue weighted by Crippen LogP contribution is -2.09. The van der Waals surface area contributed by atoms with Gasteiger partial charge < -0.3 is 4.74 Å². The van der Waals surface area contributed by atoms with Crippen molar-refractivity contribution in [2.45, 2.75) is 33.1 Å². The van der Waals surface area contributed by atoms with Gasteiger partial charge in [0.25, 0.3) is 0 Å². The average molecular weight is 222 g/mol. The molecule has 0 heterocycles. The zero-order valence-electron chi connectivity index (χ0n) is 10.3. The van der Waals surface area contributed by atoms with Crippen molar-refractivity contribution >= 4 is 5.97 Å². The molecule has 0 aliphatic rings. The Hall–Kier alpha value is -1.31. The third-order valence-corrected chi connectivity index (χ3v) is 2.12. The molecular weight excluding hydrogens is 200 g/mol. The van der Waals surface area contributed by atoms with Gasteiger partial charge in [-0.25, -0.2) is 0 Å².